The molecule has 0 radical (unpaired) electrons. The van der Waals surface area contributed by atoms with E-state index in [2.05, 4.69) is 45.0 Å². The number of hydrogen-bond acceptors (Lipinski definition) is 3. The van der Waals surface area contributed by atoms with E-state index in [4.69, 9.17) is 11.6 Å². The van der Waals surface area contributed by atoms with Gasteiger partial charge in [0.2, 0.25) is 0 Å². The zero-order valence-electron chi connectivity index (χ0n) is 10.6. The monoisotopic (exact) mass is 356 g/mol. The first-order chi connectivity index (χ1) is 9.20. The Kier molecular flexibility index (Phi) is 5.67. The molecule has 0 saturated heterocycles. The zero-order valence-corrected chi connectivity index (χ0v) is 13.7. The normalized spacial score (nSPS) is 10.7. The van der Waals surface area contributed by atoms with Gasteiger partial charge in [-0.3, -0.25) is 0 Å². The molecule has 0 amide bonds. The Morgan fingerprint density at radius 3 is 2.63 bits per heavy atom. The van der Waals surface area contributed by atoms with Crippen LogP contribution in [0.15, 0.2) is 39.7 Å². The Hall–Kier alpha value is -0.580. The topological polar surface area (TPSA) is 25.8 Å². The Labute approximate surface area is 131 Å². The van der Waals surface area contributed by atoms with Gasteiger partial charge in [-0.2, -0.15) is 0 Å². The fourth-order valence-electron chi connectivity index (χ4n) is 1.64. The van der Waals surface area contributed by atoms with E-state index in [9.17, 15) is 0 Å². The Morgan fingerprint density at radius 2 is 1.95 bits per heavy atom. The van der Waals surface area contributed by atoms with E-state index in [0.717, 1.165) is 34.6 Å². The summed E-state index contributed by atoms with van der Waals surface area (Å²) >= 11 is 11.3. The number of halogens is 2. The molecule has 0 aliphatic heterocycles. The van der Waals surface area contributed by atoms with E-state index in [-0.39, 0.29) is 0 Å². The van der Waals surface area contributed by atoms with Crippen LogP contribution in [0.25, 0.3) is 0 Å². The van der Waals surface area contributed by atoms with Gasteiger partial charge in [0.15, 0.2) is 0 Å². The van der Waals surface area contributed by atoms with Gasteiger partial charge < -0.3 is 0 Å². The molecular weight excluding hydrogens is 344 g/mol. The minimum atomic E-state index is 0.502. The number of benzene rings is 1. The van der Waals surface area contributed by atoms with Gasteiger partial charge >= 0.3 is 0 Å². The fraction of sp³-hybridized carbons (Fsp3) is 0.286. The highest BCUT2D eigenvalue weighted by molar-refractivity contribution is 9.10. The highest BCUT2D eigenvalue weighted by Crippen LogP contribution is 2.27. The van der Waals surface area contributed by atoms with Crippen molar-refractivity contribution in [2.75, 3.05) is 0 Å². The Bertz CT molecular complexity index is 549. The maximum atomic E-state index is 6.13. The van der Waals surface area contributed by atoms with Crippen LogP contribution in [-0.4, -0.2) is 9.97 Å². The first kappa shape index (κ1) is 14.8. The lowest BCUT2D eigenvalue weighted by Crippen LogP contribution is -2.00. The maximum Gasteiger partial charge on any atom is 0.147 e. The Morgan fingerprint density at radius 1 is 1.21 bits per heavy atom. The maximum absolute atomic E-state index is 6.13. The van der Waals surface area contributed by atoms with Crippen LogP contribution in [0.2, 0.25) is 5.15 Å². The van der Waals surface area contributed by atoms with E-state index in [1.807, 2.05) is 18.2 Å². The van der Waals surface area contributed by atoms with Crippen molar-refractivity contribution in [2.24, 2.45) is 0 Å². The molecule has 2 aromatic rings. The van der Waals surface area contributed by atoms with Crippen molar-refractivity contribution in [2.45, 2.75) is 30.4 Å². The van der Waals surface area contributed by atoms with Crippen molar-refractivity contribution in [1.82, 2.24) is 9.97 Å². The minimum absolute atomic E-state index is 0.502. The second-order valence-electron chi connectivity index (χ2n) is 4.04. The predicted octanol–water partition coefficient (Wildman–Crippen LogP) is 5.14. The van der Waals surface area contributed by atoms with Crippen LogP contribution in [0, 0.1) is 0 Å². The van der Waals surface area contributed by atoms with Gasteiger partial charge in [0, 0.05) is 4.90 Å². The van der Waals surface area contributed by atoms with Crippen molar-refractivity contribution in [3.8, 4) is 0 Å². The molecule has 1 aromatic heterocycles. The van der Waals surface area contributed by atoms with Crippen molar-refractivity contribution in [3.63, 3.8) is 0 Å². The largest absolute Gasteiger partial charge is 0.236 e. The second-order valence-corrected chi connectivity index (χ2v) is 6.24. The van der Waals surface area contributed by atoms with E-state index in [0.29, 0.717) is 5.15 Å². The molecule has 2 rings (SSSR count). The number of aromatic nitrogens is 2. The summed E-state index contributed by atoms with van der Waals surface area (Å²) in [5.74, 6) is 1.51. The summed E-state index contributed by atoms with van der Waals surface area (Å²) in [5, 5.41) is 0.502. The summed E-state index contributed by atoms with van der Waals surface area (Å²) in [6.07, 6.45) is 1.95. The molecule has 100 valence electrons. The molecule has 0 N–H and O–H groups in total. The molecule has 0 aliphatic rings. The van der Waals surface area contributed by atoms with E-state index in [1.165, 1.54) is 4.90 Å². The molecule has 0 unspecified atom stereocenters. The van der Waals surface area contributed by atoms with Crippen molar-refractivity contribution < 1.29 is 0 Å². The first-order valence-electron chi connectivity index (χ1n) is 6.09. The molecule has 2 nitrogen and oxygen atoms in total. The van der Waals surface area contributed by atoms with Gasteiger partial charge in [0.1, 0.15) is 11.0 Å². The smallest absolute Gasteiger partial charge is 0.147 e. The summed E-state index contributed by atoms with van der Waals surface area (Å²) in [5.41, 5.74) is 0.992. The summed E-state index contributed by atoms with van der Waals surface area (Å²) in [4.78, 5) is 10.1. The van der Waals surface area contributed by atoms with Gasteiger partial charge in [-0.15, -0.1) is 11.8 Å². The number of thioether (sulfide) groups is 1. The molecular formula is C14H14BrClN2S. The van der Waals surface area contributed by atoms with Gasteiger partial charge in [-0.05, 0) is 34.5 Å². The van der Waals surface area contributed by atoms with Crippen LogP contribution in [-0.2, 0) is 12.2 Å². The molecule has 0 atom stereocenters. The molecule has 0 fully saturated rings. The molecule has 19 heavy (non-hydrogen) atoms. The molecule has 1 aromatic carbocycles. The third kappa shape index (κ3) is 4.20. The van der Waals surface area contributed by atoms with Crippen LogP contribution in [0.1, 0.15) is 24.9 Å². The fourth-order valence-corrected chi connectivity index (χ4v) is 3.00. The molecule has 0 aliphatic carbocycles. The number of rotatable bonds is 5. The SMILES string of the molecule is CCCc1nc(CSc2ccccc2)nc(Cl)c1Br. The standard InChI is InChI=1S/C14H14BrClN2S/c1-2-6-11-13(15)14(16)18-12(17-11)9-19-10-7-4-3-5-8-10/h3-5,7-8H,2,6,9H2,1H3. The summed E-state index contributed by atoms with van der Waals surface area (Å²) in [7, 11) is 0. The predicted molar refractivity (Wildman–Crippen MR) is 84.7 cm³/mol. The average molecular weight is 358 g/mol. The van der Waals surface area contributed by atoms with Crippen LogP contribution in [0.4, 0.5) is 0 Å². The van der Waals surface area contributed by atoms with E-state index in [1.54, 1.807) is 11.8 Å². The van der Waals surface area contributed by atoms with Crippen LogP contribution >= 0.6 is 39.3 Å². The molecule has 0 spiro atoms. The number of hydrogen-bond donors (Lipinski definition) is 0. The third-order valence-electron chi connectivity index (χ3n) is 2.52. The molecule has 1 heterocycles. The third-order valence-corrected chi connectivity index (χ3v) is 4.87. The van der Waals surface area contributed by atoms with Crippen molar-refractivity contribution in [3.05, 3.63) is 51.5 Å². The summed E-state index contributed by atoms with van der Waals surface area (Å²) in [6, 6.07) is 10.2. The average Bonchev–Trinajstić information content (AvgIpc) is 2.43. The lowest BCUT2D eigenvalue weighted by atomic mass is 10.2. The highest BCUT2D eigenvalue weighted by Gasteiger charge is 2.10. The van der Waals surface area contributed by atoms with E-state index < -0.39 is 0 Å². The van der Waals surface area contributed by atoms with Gasteiger partial charge in [0.25, 0.3) is 0 Å². The van der Waals surface area contributed by atoms with Crippen molar-refractivity contribution >= 4 is 39.3 Å². The molecule has 5 heteroatoms. The number of aryl methyl sites for hydroxylation is 1. The van der Waals surface area contributed by atoms with Gasteiger partial charge in [-0.25, -0.2) is 9.97 Å². The molecule has 0 saturated carbocycles. The van der Waals surface area contributed by atoms with E-state index >= 15 is 0 Å². The van der Waals surface area contributed by atoms with Crippen molar-refractivity contribution in [1.29, 1.82) is 0 Å². The highest BCUT2D eigenvalue weighted by atomic mass is 79.9. The van der Waals surface area contributed by atoms with Gasteiger partial charge in [0.05, 0.1) is 15.9 Å². The molecule has 0 bridgehead atoms. The van der Waals surface area contributed by atoms with Crippen LogP contribution < -0.4 is 0 Å². The lowest BCUT2D eigenvalue weighted by molar-refractivity contribution is 0.845. The minimum Gasteiger partial charge on any atom is -0.236 e. The number of nitrogens with zero attached hydrogens (tertiary/aromatic N) is 2. The van der Waals surface area contributed by atoms with Gasteiger partial charge in [-0.1, -0.05) is 43.1 Å². The quantitative estimate of drug-likeness (QED) is 0.547. The second kappa shape index (κ2) is 7.27. The van der Waals surface area contributed by atoms with Crippen LogP contribution in [0.3, 0.4) is 0 Å². The first-order valence-corrected chi connectivity index (χ1v) is 8.25. The Balaban J connectivity index is 2.12. The summed E-state index contributed by atoms with van der Waals surface area (Å²) < 4.78 is 0.824. The lowest BCUT2D eigenvalue weighted by Gasteiger charge is -2.07. The summed E-state index contributed by atoms with van der Waals surface area (Å²) in [6.45, 7) is 2.13. The van der Waals surface area contributed by atoms with Crippen LogP contribution in [0.5, 0.6) is 0 Å². The zero-order chi connectivity index (χ0) is 13.7.